The lowest BCUT2D eigenvalue weighted by atomic mass is 10.0. The number of hydrogen-bond donors (Lipinski definition) is 0. The molecule has 0 amide bonds. The first kappa shape index (κ1) is 15.6. The normalized spacial score (nSPS) is 18.6. The Morgan fingerprint density at radius 3 is 2.29 bits per heavy atom. The van der Waals surface area contributed by atoms with Gasteiger partial charge in [-0.2, -0.15) is 5.26 Å². The van der Waals surface area contributed by atoms with E-state index in [-0.39, 0.29) is 11.3 Å². The minimum absolute atomic E-state index is 0.277. The maximum atomic E-state index is 12.5. The van der Waals surface area contributed by atoms with E-state index < -0.39 is 12.4 Å². The van der Waals surface area contributed by atoms with Crippen LogP contribution < -0.4 is 4.74 Å². The summed E-state index contributed by atoms with van der Waals surface area (Å²) in [5.41, 5.74) is 0.277. The molecule has 1 fully saturated rings. The van der Waals surface area contributed by atoms with Crippen LogP contribution in [0.4, 0.5) is 13.2 Å². The van der Waals surface area contributed by atoms with Gasteiger partial charge in [0.15, 0.2) is 0 Å². The van der Waals surface area contributed by atoms with Crippen molar-refractivity contribution in [2.24, 2.45) is 0 Å². The molecule has 3 nitrogen and oxygen atoms in total. The number of benzene rings is 1. The van der Waals surface area contributed by atoms with E-state index in [1.165, 1.54) is 18.2 Å². The van der Waals surface area contributed by atoms with E-state index in [2.05, 4.69) is 10.8 Å². The molecule has 1 saturated heterocycles. The van der Waals surface area contributed by atoms with Crippen LogP contribution >= 0.6 is 0 Å². The smallest absolute Gasteiger partial charge is 0.405 e. The van der Waals surface area contributed by atoms with Gasteiger partial charge in [0.05, 0.1) is 6.07 Å². The van der Waals surface area contributed by atoms with Crippen molar-refractivity contribution >= 4 is 0 Å². The number of likely N-dealkylation sites (tertiary alicyclic amines) is 1. The van der Waals surface area contributed by atoms with Crippen molar-refractivity contribution in [3.8, 4) is 11.8 Å². The zero-order chi connectivity index (χ0) is 15.3. The van der Waals surface area contributed by atoms with Crippen molar-refractivity contribution in [2.45, 2.75) is 38.1 Å². The Balaban J connectivity index is 2.27. The Morgan fingerprint density at radius 1 is 1.10 bits per heavy atom. The molecule has 1 atom stereocenters. The summed E-state index contributed by atoms with van der Waals surface area (Å²) >= 11 is 0. The van der Waals surface area contributed by atoms with Crippen LogP contribution in [0.25, 0.3) is 0 Å². The molecule has 0 radical (unpaired) electrons. The Labute approximate surface area is 121 Å². The topological polar surface area (TPSA) is 36.3 Å². The summed E-state index contributed by atoms with van der Waals surface area (Å²) in [5, 5.41) is 9.42. The van der Waals surface area contributed by atoms with Crippen molar-refractivity contribution in [1.82, 2.24) is 4.90 Å². The lowest BCUT2D eigenvalue weighted by molar-refractivity contribution is -0.275. The fourth-order valence-electron chi connectivity index (χ4n) is 2.63. The van der Waals surface area contributed by atoms with Crippen LogP contribution in [0.5, 0.6) is 5.75 Å². The third-order valence-corrected chi connectivity index (χ3v) is 3.57. The van der Waals surface area contributed by atoms with Gasteiger partial charge in [0.1, 0.15) is 11.8 Å². The first-order valence-electron chi connectivity index (χ1n) is 6.99. The number of nitrogens with zero attached hydrogens (tertiary/aromatic N) is 2. The highest BCUT2D eigenvalue weighted by atomic mass is 19.4. The zero-order valence-corrected chi connectivity index (χ0v) is 11.6. The summed E-state index contributed by atoms with van der Waals surface area (Å²) in [6.45, 7) is 1.44. The second kappa shape index (κ2) is 6.81. The monoisotopic (exact) mass is 298 g/mol. The van der Waals surface area contributed by atoms with Crippen LogP contribution in [0.1, 0.15) is 37.3 Å². The summed E-state index contributed by atoms with van der Waals surface area (Å²) in [7, 11) is 0. The van der Waals surface area contributed by atoms with Gasteiger partial charge in [-0.25, -0.2) is 0 Å². The Hall–Kier alpha value is -1.74. The van der Waals surface area contributed by atoms with Crippen LogP contribution in [-0.2, 0) is 0 Å². The molecule has 1 heterocycles. The molecule has 2 rings (SSSR count). The van der Waals surface area contributed by atoms with Gasteiger partial charge in [0, 0.05) is 5.56 Å². The zero-order valence-electron chi connectivity index (χ0n) is 11.6. The summed E-state index contributed by atoms with van der Waals surface area (Å²) in [6.07, 6.45) is -0.652. The molecule has 1 aromatic rings. The third-order valence-electron chi connectivity index (χ3n) is 3.57. The molecule has 0 bridgehead atoms. The van der Waals surface area contributed by atoms with Crippen LogP contribution in [0.3, 0.4) is 0 Å². The third kappa shape index (κ3) is 4.36. The number of hydrogen-bond acceptors (Lipinski definition) is 3. The molecule has 1 aliphatic rings. The fraction of sp³-hybridized carbons (Fsp3) is 0.533. The molecule has 0 aliphatic carbocycles. The SMILES string of the molecule is N#CC(c1ccccc1OC(F)(F)F)N1CCCCCC1. The average molecular weight is 298 g/mol. The molecule has 1 unspecified atom stereocenters. The van der Waals surface area contributed by atoms with Gasteiger partial charge in [0.25, 0.3) is 0 Å². The number of rotatable bonds is 3. The van der Waals surface area contributed by atoms with Gasteiger partial charge >= 0.3 is 6.36 Å². The minimum atomic E-state index is -4.76. The molecule has 0 aromatic heterocycles. The van der Waals surface area contributed by atoms with Gasteiger partial charge in [-0.05, 0) is 32.0 Å². The van der Waals surface area contributed by atoms with Gasteiger partial charge in [-0.15, -0.1) is 13.2 Å². The molecular formula is C15H17F3N2O. The fourth-order valence-corrected chi connectivity index (χ4v) is 2.63. The number of alkyl halides is 3. The van der Waals surface area contributed by atoms with Crippen LogP contribution in [0, 0.1) is 11.3 Å². The van der Waals surface area contributed by atoms with Gasteiger partial charge in [-0.3, -0.25) is 4.90 Å². The predicted octanol–water partition coefficient (Wildman–Crippen LogP) is 4.03. The summed E-state index contributed by atoms with van der Waals surface area (Å²) < 4.78 is 41.5. The van der Waals surface area contributed by atoms with E-state index in [4.69, 9.17) is 0 Å². The maximum absolute atomic E-state index is 12.5. The Morgan fingerprint density at radius 2 is 1.71 bits per heavy atom. The number of ether oxygens (including phenoxy) is 1. The highest BCUT2D eigenvalue weighted by Gasteiger charge is 2.34. The number of para-hydroxylation sites is 1. The molecular weight excluding hydrogens is 281 g/mol. The summed E-state index contributed by atoms with van der Waals surface area (Å²) in [5.74, 6) is -0.291. The molecule has 6 heteroatoms. The second-order valence-corrected chi connectivity index (χ2v) is 5.07. The summed E-state index contributed by atoms with van der Waals surface area (Å²) in [6, 6.07) is 7.30. The van der Waals surface area contributed by atoms with E-state index in [0.29, 0.717) is 0 Å². The van der Waals surface area contributed by atoms with E-state index in [0.717, 1.165) is 38.8 Å². The average Bonchev–Trinajstić information content (AvgIpc) is 2.69. The predicted molar refractivity (Wildman–Crippen MR) is 71.5 cm³/mol. The maximum Gasteiger partial charge on any atom is 0.573 e. The minimum Gasteiger partial charge on any atom is -0.405 e. The van der Waals surface area contributed by atoms with Gasteiger partial charge in [-0.1, -0.05) is 31.0 Å². The van der Waals surface area contributed by atoms with Crippen molar-refractivity contribution in [2.75, 3.05) is 13.1 Å². The molecule has 0 saturated carbocycles. The molecule has 0 spiro atoms. The largest absolute Gasteiger partial charge is 0.573 e. The highest BCUT2D eigenvalue weighted by molar-refractivity contribution is 5.39. The summed E-state index contributed by atoms with van der Waals surface area (Å²) in [4.78, 5) is 1.94. The standard InChI is InChI=1S/C15H17F3N2O/c16-15(17,18)21-14-8-4-3-7-12(14)13(11-19)20-9-5-1-2-6-10-20/h3-4,7-8,13H,1-2,5-6,9-10H2. The molecule has 1 aliphatic heterocycles. The van der Waals surface area contributed by atoms with Crippen molar-refractivity contribution < 1.29 is 17.9 Å². The van der Waals surface area contributed by atoms with E-state index in [9.17, 15) is 18.4 Å². The lowest BCUT2D eigenvalue weighted by Gasteiger charge is -2.27. The highest BCUT2D eigenvalue weighted by Crippen LogP contribution is 2.33. The first-order valence-corrected chi connectivity index (χ1v) is 6.99. The van der Waals surface area contributed by atoms with E-state index in [1.54, 1.807) is 6.07 Å². The Bertz CT molecular complexity index is 502. The van der Waals surface area contributed by atoms with Crippen molar-refractivity contribution in [3.05, 3.63) is 29.8 Å². The second-order valence-electron chi connectivity index (χ2n) is 5.07. The molecule has 1 aromatic carbocycles. The quantitative estimate of drug-likeness (QED) is 0.845. The van der Waals surface area contributed by atoms with Gasteiger partial charge < -0.3 is 4.74 Å². The molecule has 114 valence electrons. The van der Waals surface area contributed by atoms with Crippen LogP contribution in [-0.4, -0.2) is 24.4 Å². The van der Waals surface area contributed by atoms with Crippen molar-refractivity contribution in [3.63, 3.8) is 0 Å². The number of nitriles is 1. The van der Waals surface area contributed by atoms with Crippen molar-refractivity contribution in [1.29, 1.82) is 5.26 Å². The van der Waals surface area contributed by atoms with Crippen LogP contribution in [0.15, 0.2) is 24.3 Å². The molecule has 21 heavy (non-hydrogen) atoms. The Kier molecular flexibility index (Phi) is 5.07. The lowest BCUT2D eigenvalue weighted by Crippen LogP contribution is -2.30. The van der Waals surface area contributed by atoms with Gasteiger partial charge in [0.2, 0.25) is 0 Å². The number of halogens is 3. The van der Waals surface area contributed by atoms with E-state index >= 15 is 0 Å². The first-order chi connectivity index (χ1) is 10.0. The molecule has 0 N–H and O–H groups in total. The van der Waals surface area contributed by atoms with Crippen LogP contribution in [0.2, 0.25) is 0 Å². The van der Waals surface area contributed by atoms with E-state index in [1.807, 2.05) is 4.90 Å².